The molecule has 1 amide bonds. The van der Waals surface area contributed by atoms with E-state index in [9.17, 15) is 4.79 Å². The zero-order valence-corrected chi connectivity index (χ0v) is 27.5. The molecule has 234 valence electrons. The highest BCUT2D eigenvalue weighted by molar-refractivity contribution is 8.02. The predicted octanol–water partition coefficient (Wildman–Crippen LogP) is 6.26. The van der Waals surface area contributed by atoms with E-state index in [1.54, 1.807) is 7.11 Å². The standard InChI is InChI=1S/C34H43N5O4S/c1-33(2,3)38-13-8-7-10-24-29(28-11-9-15-44-28)30-25-18-26(27(41-6)16-21(25)12-14-37(30)31(24)32(38)40)39-19-22(35-36-39)17-23-20-42-34(4,5)43-23/h9,15-16,18-19,23,28H,7-8,10-14,17,20H2,1-6H3/t23-,28?/m0/s1. The van der Waals surface area contributed by atoms with E-state index >= 15 is 0 Å². The monoisotopic (exact) mass is 617 g/mol. The smallest absolute Gasteiger partial charge is 0.271 e. The van der Waals surface area contributed by atoms with E-state index < -0.39 is 5.79 Å². The maximum absolute atomic E-state index is 14.4. The number of methoxy groups -OCH3 is 1. The number of aryl methyl sites for hydroxylation is 1. The number of hydrogen-bond acceptors (Lipinski definition) is 7. The van der Waals surface area contributed by atoms with Gasteiger partial charge in [0.25, 0.3) is 5.91 Å². The van der Waals surface area contributed by atoms with Gasteiger partial charge in [0.1, 0.15) is 17.1 Å². The number of aromatic nitrogens is 4. The molecule has 7 rings (SSSR count). The van der Waals surface area contributed by atoms with Crippen LogP contribution in [0, 0.1) is 0 Å². The van der Waals surface area contributed by atoms with Crippen molar-refractivity contribution < 1.29 is 19.0 Å². The number of nitrogens with zero attached hydrogens (tertiary/aromatic N) is 5. The lowest BCUT2D eigenvalue weighted by atomic mass is 9.91. The maximum atomic E-state index is 14.4. The van der Waals surface area contributed by atoms with Gasteiger partial charge in [-0.1, -0.05) is 11.3 Å². The summed E-state index contributed by atoms with van der Waals surface area (Å²) < 4.78 is 21.9. The molecular weight excluding hydrogens is 574 g/mol. The van der Waals surface area contributed by atoms with Crippen molar-refractivity contribution in [2.45, 2.75) is 102 Å². The topological polar surface area (TPSA) is 83.6 Å². The fraction of sp³-hybridized carbons (Fsp3) is 0.559. The van der Waals surface area contributed by atoms with Crippen LogP contribution in [0.25, 0.3) is 16.9 Å². The van der Waals surface area contributed by atoms with Crippen LogP contribution in [-0.4, -0.2) is 68.1 Å². The molecule has 4 aliphatic rings. The van der Waals surface area contributed by atoms with Gasteiger partial charge >= 0.3 is 0 Å². The fourth-order valence-electron chi connectivity index (χ4n) is 7.28. The summed E-state index contributed by atoms with van der Waals surface area (Å²) in [5, 5.41) is 11.5. The van der Waals surface area contributed by atoms with Crippen molar-refractivity contribution in [1.29, 1.82) is 0 Å². The molecule has 0 radical (unpaired) electrons. The summed E-state index contributed by atoms with van der Waals surface area (Å²) in [5.74, 6) is 0.341. The lowest BCUT2D eigenvalue weighted by molar-refractivity contribution is -0.138. The highest BCUT2D eigenvalue weighted by Crippen LogP contribution is 2.50. The number of rotatable bonds is 5. The largest absolute Gasteiger partial charge is 0.494 e. The summed E-state index contributed by atoms with van der Waals surface area (Å²) in [4.78, 5) is 16.5. The molecule has 3 aromatic rings. The van der Waals surface area contributed by atoms with Crippen molar-refractivity contribution >= 4 is 17.7 Å². The van der Waals surface area contributed by atoms with Gasteiger partial charge in [0.2, 0.25) is 0 Å². The molecule has 0 aliphatic carbocycles. The van der Waals surface area contributed by atoms with Crippen LogP contribution < -0.4 is 4.74 Å². The molecule has 4 aliphatic heterocycles. The Hall–Kier alpha value is -3.08. The van der Waals surface area contributed by atoms with E-state index in [1.165, 1.54) is 22.4 Å². The molecule has 0 N–H and O–H groups in total. The molecule has 10 heteroatoms. The van der Waals surface area contributed by atoms with Gasteiger partial charge in [-0.25, -0.2) is 4.68 Å². The summed E-state index contributed by atoms with van der Waals surface area (Å²) in [5.41, 5.74) is 8.47. The highest BCUT2D eigenvalue weighted by Gasteiger charge is 2.39. The molecule has 1 aromatic carbocycles. The molecule has 2 atom stereocenters. The van der Waals surface area contributed by atoms with Gasteiger partial charge in [0.15, 0.2) is 5.79 Å². The van der Waals surface area contributed by atoms with Crippen molar-refractivity contribution in [3.8, 4) is 22.7 Å². The Kier molecular flexibility index (Phi) is 7.45. The third-order valence-electron chi connectivity index (χ3n) is 9.29. The highest BCUT2D eigenvalue weighted by atomic mass is 32.2. The number of carbonyl (C=O) groups excluding carboxylic acids is 1. The predicted molar refractivity (Wildman–Crippen MR) is 171 cm³/mol. The summed E-state index contributed by atoms with van der Waals surface area (Å²) in [7, 11) is 1.71. The van der Waals surface area contributed by atoms with Crippen LogP contribution in [0.4, 0.5) is 0 Å². The van der Waals surface area contributed by atoms with Crippen molar-refractivity contribution in [1.82, 2.24) is 24.5 Å². The molecular formula is C34H43N5O4S. The number of carbonyl (C=O) groups is 1. The number of thioether (sulfide) groups is 1. The van der Waals surface area contributed by atoms with Crippen molar-refractivity contribution in [2.75, 3.05) is 20.3 Å². The molecule has 1 saturated heterocycles. The van der Waals surface area contributed by atoms with E-state index in [0.29, 0.717) is 18.3 Å². The van der Waals surface area contributed by atoms with Crippen LogP contribution >= 0.6 is 11.8 Å². The SMILES string of the molecule is COc1cc2c(cc1-n1cc(C[C@H]3COC(C)(C)O3)nn1)-c1c(C3CC=CS3)c3c(n1CC2)C(=O)N(C(C)(C)C)CCCC3. The number of hydrogen-bond donors (Lipinski definition) is 0. The Labute approximate surface area is 263 Å². The second kappa shape index (κ2) is 11.1. The van der Waals surface area contributed by atoms with Gasteiger partial charge in [-0.3, -0.25) is 4.79 Å². The second-order valence-corrected chi connectivity index (χ2v) is 14.9. The second-order valence-electron chi connectivity index (χ2n) is 13.8. The Morgan fingerprint density at radius 3 is 2.68 bits per heavy atom. The van der Waals surface area contributed by atoms with E-state index in [0.717, 1.165) is 73.6 Å². The molecule has 0 spiro atoms. The minimum atomic E-state index is -0.579. The Balaban J connectivity index is 1.35. The number of ether oxygens (including phenoxy) is 3. The average Bonchev–Trinajstić information content (AvgIpc) is 3.76. The van der Waals surface area contributed by atoms with E-state index in [1.807, 2.05) is 36.5 Å². The lowest BCUT2D eigenvalue weighted by Gasteiger charge is -2.37. The molecule has 0 saturated carbocycles. The number of allylic oxidation sites excluding steroid dienone is 1. The van der Waals surface area contributed by atoms with Crippen LogP contribution in [-0.2, 0) is 35.3 Å². The number of benzene rings is 1. The van der Waals surface area contributed by atoms with E-state index in [4.69, 9.17) is 14.2 Å². The molecule has 44 heavy (non-hydrogen) atoms. The van der Waals surface area contributed by atoms with Gasteiger partial charge in [-0.05, 0) is 101 Å². The zero-order valence-electron chi connectivity index (χ0n) is 26.7. The first-order valence-corrected chi connectivity index (χ1v) is 16.8. The minimum Gasteiger partial charge on any atom is -0.494 e. The molecule has 9 nitrogen and oxygen atoms in total. The van der Waals surface area contributed by atoms with Crippen LogP contribution in [0.1, 0.15) is 92.0 Å². The van der Waals surface area contributed by atoms with Crippen LogP contribution in [0.5, 0.6) is 5.75 Å². The zero-order chi connectivity index (χ0) is 30.8. The van der Waals surface area contributed by atoms with Gasteiger partial charge < -0.3 is 23.7 Å². The van der Waals surface area contributed by atoms with Crippen LogP contribution in [0.15, 0.2) is 29.8 Å². The lowest BCUT2D eigenvalue weighted by Crippen LogP contribution is -2.47. The molecule has 1 unspecified atom stereocenters. The van der Waals surface area contributed by atoms with Crippen molar-refractivity contribution in [3.63, 3.8) is 0 Å². The first kappa shape index (κ1) is 29.6. The van der Waals surface area contributed by atoms with Crippen LogP contribution in [0.3, 0.4) is 0 Å². The van der Waals surface area contributed by atoms with Crippen molar-refractivity contribution in [3.05, 3.63) is 57.9 Å². The van der Waals surface area contributed by atoms with Gasteiger partial charge in [-0.2, -0.15) is 0 Å². The van der Waals surface area contributed by atoms with Crippen molar-refractivity contribution in [2.24, 2.45) is 0 Å². The molecule has 0 bridgehead atoms. The minimum absolute atomic E-state index is 0.0615. The summed E-state index contributed by atoms with van der Waals surface area (Å²) in [6.07, 6.45) is 9.60. The summed E-state index contributed by atoms with van der Waals surface area (Å²) >= 11 is 1.87. The first-order valence-electron chi connectivity index (χ1n) is 15.9. The summed E-state index contributed by atoms with van der Waals surface area (Å²) in [6.45, 7) is 12.4. The van der Waals surface area contributed by atoms with E-state index in [2.05, 4.69) is 64.2 Å². The van der Waals surface area contributed by atoms with Crippen LogP contribution in [0.2, 0.25) is 0 Å². The molecule has 1 fully saturated rings. The fourth-order valence-corrected chi connectivity index (χ4v) is 8.30. The Bertz CT molecular complexity index is 1620. The van der Waals surface area contributed by atoms with E-state index in [-0.39, 0.29) is 17.6 Å². The molecule has 6 heterocycles. The Morgan fingerprint density at radius 2 is 1.98 bits per heavy atom. The normalized spacial score (nSPS) is 22.9. The average molecular weight is 618 g/mol. The first-order chi connectivity index (χ1) is 21.0. The third-order valence-corrected chi connectivity index (χ3v) is 10.4. The third kappa shape index (κ3) is 5.18. The number of amides is 1. The molecule has 2 aromatic heterocycles. The van der Waals surface area contributed by atoms with Gasteiger partial charge in [0.05, 0.1) is 37.4 Å². The van der Waals surface area contributed by atoms with Gasteiger partial charge in [-0.15, -0.1) is 16.9 Å². The summed E-state index contributed by atoms with van der Waals surface area (Å²) in [6, 6.07) is 4.36. The number of fused-ring (bicyclic) bond motifs is 5. The van der Waals surface area contributed by atoms with Gasteiger partial charge in [0, 0.05) is 35.9 Å². The quantitative estimate of drug-likeness (QED) is 0.334. The maximum Gasteiger partial charge on any atom is 0.271 e. The Morgan fingerprint density at radius 1 is 1.14 bits per heavy atom.